The third-order valence-electron chi connectivity index (χ3n) is 3.87. The summed E-state index contributed by atoms with van der Waals surface area (Å²) in [5.74, 6) is -1.42. The van der Waals surface area contributed by atoms with Crippen molar-refractivity contribution in [3.05, 3.63) is 22.4 Å². The van der Waals surface area contributed by atoms with Crippen molar-refractivity contribution in [3.8, 4) is 0 Å². The van der Waals surface area contributed by atoms with Gasteiger partial charge in [-0.2, -0.15) is 0 Å². The molecule has 2 N–H and O–H groups in total. The first-order valence-corrected chi connectivity index (χ1v) is 8.65. The summed E-state index contributed by atoms with van der Waals surface area (Å²) in [6.45, 7) is 4.34. The molecule has 7 heteroatoms. The number of nitrogens with zero attached hydrogens (tertiary/aromatic N) is 1. The summed E-state index contributed by atoms with van der Waals surface area (Å²) in [6, 6.07) is 2.03. The molecule has 1 aromatic rings. The largest absolute Gasteiger partial charge is 0.480 e. The van der Waals surface area contributed by atoms with Gasteiger partial charge in [-0.15, -0.1) is 11.3 Å². The van der Waals surface area contributed by atoms with E-state index in [1.165, 1.54) is 11.3 Å². The van der Waals surface area contributed by atoms with Gasteiger partial charge < -0.3 is 15.3 Å². The Hall–Kier alpha value is -1.89. The fourth-order valence-electron chi connectivity index (χ4n) is 2.78. The van der Waals surface area contributed by atoms with Crippen LogP contribution in [0.1, 0.15) is 42.8 Å². The Morgan fingerprint density at radius 1 is 1.43 bits per heavy atom. The van der Waals surface area contributed by atoms with Gasteiger partial charge in [-0.1, -0.05) is 19.9 Å². The van der Waals surface area contributed by atoms with Gasteiger partial charge in [0.05, 0.1) is 4.88 Å². The van der Waals surface area contributed by atoms with Gasteiger partial charge in [0.1, 0.15) is 12.1 Å². The zero-order valence-electron chi connectivity index (χ0n) is 13.3. The minimum atomic E-state index is -1.04. The Morgan fingerprint density at radius 2 is 2.17 bits per heavy atom. The topological polar surface area (TPSA) is 86.7 Å². The quantitative estimate of drug-likeness (QED) is 0.830. The van der Waals surface area contributed by atoms with Gasteiger partial charge >= 0.3 is 5.97 Å². The van der Waals surface area contributed by atoms with Crippen molar-refractivity contribution in [2.24, 2.45) is 5.92 Å². The number of likely N-dealkylation sites (tertiary alicyclic amines) is 1. The van der Waals surface area contributed by atoms with Crippen LogP contribution in [-0.2, 0) is 9.59 Å². The highest BCUT2D eigenvalue weighted by Gasteiger charge is 2.36. The number of carboxylic acid groups (broad SMARTS) is 1. The van der Waals surface area contributed by atoms with E-state index in [1.807, 2.05) is 19.2 Å². The van der Waals surface area contributed by atoms with E-state index in [1.54, 1.807) is 17.0 Å². The van der Waals surface area contributed by atoms with E-state index in [2.05, 4.69) is 5.32 Å². The Kier molecular flexibility index (Phi) is 5.76. The van der Waals surface area contributed by atoms with Crippen LogP contribution in [0.4, 0.5) is 0 Å². The van der Waals surface area contributed by atoms with Crippen molar-refractivity contribution in [3.63, 3.8) is 0 Å². The van der Waals surface area contributed by atoms with Crippen molar-refractivity contribution in [2.45, 2.75) is 45.2 Å². The number of nitrogens with one attached hydrogen (secondary N) is 1. The van der Waals surface area contributed by atoms with Crippen molar-refractivity contribution >= 4 is 29.1 Å². The van der Waals surface area contributed by atoms with Crippen LogP contribution in [0.2, 0.25) is 0 Å². The third-order valence-corrected chi connectivity index (χ3v) is 4.73. The van der Waals surface area contributed by atoms with Crippen LogP contribution >= 0.6 is 11.3 Å². The van der Waals surface area contributed by atoms with Crippen LogP contribution in [0.15, 0.2) is 17.5 Å². The van der Waals surface area contributed by atoms with Crippen LogP contribution in [0.3, 0.4) is 0 Å². The Bertz CT molecular complexity index is 571. The molecule has 1 aliphatic heterocycles. The molecule has 2 heterocycles. The van der Waals surface area contributed by atoms with Gasteiger partial charge in [0.15, 0.2) is 0 Å². The van der Waals surface area contributed by atoms with Crippen molar-refractivity contribution in [2.75, 3.05) is 6.54 Å². The summed E-state index contributed by atoms with van der Waals surface area (Å²) in [7, 11) is 0. The SMILES string of the molecule is CC(C)C[C@@H](NC(=O)[C@@H]1CCCN1C(=O)c1cccs1)C(=O)O. The number of carbonyl (C=O) groups excluding carboxylic acids is 2. The Balaban J connectivity index is 2.05. The predicted octanol–water partition coefficient (Wildman–Crippen LogP) is 1.97. The molecule has 2 amide bonds. The first-order chi connectivity index (χ1) is 10.9. The van der Waals surface area contributed by atoms with Crippen LogP contribution in [0.25, 0.3) is 0 Å². The average Bonchev–Trinajstić information content (AvgIpc) is 3.16. The smallest absolute Gasteiger partial charge is 0.326 e. The average molecular weight is 338 g/mol. The molecule has 6 nitrogen and oxygen atoms in total. The lowest BCUT2D eigenvalue weighted by atomic mass is 10.0. The van der Waals surface area contributed by atoms with Crippen LogP contribution in [0, 0.1) is 5.92 Å². The van der Waals surface area contributed by atoms with Crippen LogP contribution in [-0.4, -0.2) is 46.4 Å². The highest BCUT2D eigenvalue weighted by molar-refractivity contribution is 7.12. The molecule has 0 radical (unpaired) electrons. The third kappa shape index (κ3) is 4.31. The molecule has 1 saturated heterocycles. The van der Waals surface area contributed by atoms with Crippen LogP contribution in [0.5, 0.6) is 0 Å². The maximum absolute atomic E-state index is 12.5. The lowest BCUT2D eigenvalue weighted by molar-refractivity contribution is -0.142. The summed E-state index contributed by atoms with van der Waals surface area (Å²) in [5.41, 5.74) is 0. The summed E-state index contributed by atoms with van der Waals surface area (Å²) < 4.78 is 0. The highest BCUT2D eigenvalue weighted by Crippen LogP contribution is 2.22. The Labute approximate surface area is 139 Å². The van der Waals surface area contributed by atoms with E-state index in [4.69, 9.17) is 0 Å². The summed E-state index contributed by atoms with van der Waals surface area (Å²) in [4.78, 5) is 38.4. The van der Waals surface area contributed by atoms with Crippen LogP contribution < -0.4 is 5.32 Å². The molecule has 2 rings (SSSR count). The number of carboxylic acids is 1. The molecule has 0 spiro atoms. The second kappa shape index (κ2) is 7.59. The molecule has 0 unspecified atom stereocenters. The molecule has 1 aliphatic rings. The molecule has 126 valence electrons. The lowest BCUT2D eigenvalue weighted by Gasteiger charge is -2.25. The van der Waals surface area contributed by atoms with Gasteiger partial charge in [0, 0.05) is 6.54 Å². The van der Waals surface area contributed by atoms with Crippen molar-refractivity contribution < 1.29 is 19.5 Å². The zero-order valence-corrected chi connectivity index (χ0v) is 14.1. The fourth-order valence-corrected chi connectivity index (χ4v) is 3.46. The van der Waals surface area contributed by atoms with Gasteiger partial charge in [-0.05, 0) is 36.6 Å². The first kappa shape index (κ1) is 17.5. The highest BCUT2D eigenvalue weighted by atomic mass is 32.1. The second-order valence-electron chi connectivity index (χ2n) is 6.16. The zero-order chi connectivity index (χ0) is 17.0. The van der Waals surface area contributed by atoms with E-state index < -0.39 is 18.1 Å². The standard InChI is InChI=1S/C16H22N2O4S/c1-10(2)9-11(16(21)22)17-14(19)12-5-3-7-18(12)15(20)13-6-4-8-23-13/h4,6,8,10-12H,3,5,7,9H2,1-2H3,(H,17,19)(H,21,22)/t11-,12+/m1/s1. The minimum Gasteiger partial charge on any atom is -0.480 e. The number of carbonyl (C=O) groups is 3. The number of hydrogen-bond donors (Lipinski definition) is 2. The maximum atomic E-state index is 12.5. The number of amides is 2. The number of thiophene rings is 1. The van der Waals surface area contributed by atoms with Gasteiger partial charge in [-0.25, -0.2) is 4.79 Å². The predicted molar refractivity (Wildman–Crippen MR) is 87.4 cm³/mol. The normalized spacial score (nSPS) is 18.9. The number of hydrogen-bond acceptors (Lipinski definition) is 4. The van der Waals surface area contributed by atoms with Crippen molar-refractivity contribution in [1.29, 1.82) is 0 Å². The van der Waals surface area contributed by atoms with E-state index in [0.717, 1.165) is 6.42 Å². The molecule has 0 aliphatic carbocycles. The van der Waals surface area contributed by atoms with E-state index in [9.17, 15) is 19.5 Å². The molecule has 2 atom stereocenters. The number of rotatable bonds is 6. The van der Waals surface area contributed by atoms with Crippen molar-refractivity contribution in [1.82, 2.24) is 10.2 Å². The Morgan fingerprint density at radius 3 is 2.74 bits per heavy atom. The summed E-state index contributed by atoms with van der Waals surface area (Å²) in [5, 5.41) is 13.7. The molecule has 0 saturated carbocycles. The number of aliphatic carboxylic acids is 1. The van der Waals surface area contributed by atoms with E-state index >= 15 is 0 Å². The van der Waals surface area contributed by atoms with Gasteiger partial charge in [-0.3, -0.25) is 9.59 Å². The van der Waals surface area contributed by atoms with E-state index in [0.29, 0.717) is 24.3 Å². The molecular weight excluding hydrogens is 316 g/mol. The van der Waals surface area contributed by atoms with Gasteiger partial charge in [0.25, 0.3) is 5.91 Å². The maximum Gasteiger partial charge on any atom is 0.326 e. The molecule has 1 fully saturated rings. The summed E-state index contributed by atoms with van der Waals surface area (Å²) in [6.07, 6.45) is 1.68. The summed E-state index contributed by atoms with van der Waals surface area (Å²) >= 11 is 1.34. The molecule has 0 aromatic carbocycles. The monoisotopic (exact) mass is 338 g/mol. The second-order valence-corrected chi connectivity index (χ2v) is 7.11. The van der Waals surface area contributed by atoms with Gasteiger partial charge in [0.2, 0.25) is 5.91 Å². The molecule has 1 aromatic heterocycles. The molecular formula is C16H22N2O4S. The van der Waals surface area contributed by atoms with E-state index in [-0.39, 0.29) is 17.7 Å². The molecule has 23 heavy (non-hydrogen) atoms. The first-order valence-electron chi connectivity index (χ1n) is 7.77. The molecule has 0 bridgehead atoms. The fraction of sp³-hybridized carbons (Fsp3) is 0.562. The minimum absolute atomic E-state index is 0.156. The lowest BCUT2D eigenvalue weighted by Crippen LogP contribution is -2.51.